The van der Waals surface area contributed by atoms with Crippen molar-refractivity contribution >= 4 is 29.1 Å². The third-order valence-electron chi connectivity index (χ3n) is 4.38. The van der Waals surface area contributed by atoms with Crippen molar-refractivity contribution < 1.29 is 18.8 Å². The molecule has 1 atom stereocenters. The molecule has 2 aromatic carbocycles. The minimum atomic E-state index is -0.278. The van der Waals surface area contributed by atoms with Gasteiger partial charge >= 0.3 is 0 Å². The topological polar surface area (TPSA) is 93.5 Å². The van der Waals surface area contributed by atoms with E-state index in [0.29, 0.717) is 27.8 Å². The van der Waals surface area contributed by atoms with Crippen molar-refractivity contribution in [1.29, 1.82) is 0 Å². The lowest BCUT2D eigenvalue weighted by atomic mass is 10.2. The van der Waals surface area contributed by atoms with E-state index in [1.165, 1.54) is 0 Å². The SMILES string of the molecule is CC[C@H](C)NC(=O)c1cc(COc2ccc(NC(=O)c3ccc(Cl)cc3)cc2)on1. The number of carbonyl (C=O) groups is 2. The molecule has 0 bridgehead atoms. The van der Waals surface area contributed by atoms with Crippen molar-refractivity contribution in [2.24, 2.45) is 0 Å². The molecule has 3 rings (SSSR count). The summed E-state index contributed by atoms with van der Waals surface area (Å²) < 4.78 is 10.8. The lowest BCUT2D eigenvalue weighted by Gasteiger charge is -2.08. The number of rotatable bonds is 8. The van der Waals surface area contributed by atoms with Crippen LogP contribution in [0.2, 0.25) is 5.02 Å². The first-order valence-corrected chi connectivity index (χ1v) is 9.88. The van der Waals surface area contributed by atoms with E-state index in [0.717, 1.165) is 6.42 Å². The van der Waals surface area contributed by atoms with Crippen molar-refractivity contribution in [3.63, 3.8) is 0 Å². The first-order valence-electron chi connectivity index (χ1n) is 9.51. The van der Waals surface area contributed by atoms with Gasteiger partial charge in [-0.05, 0) is 61.9 Å². The fourth-order valence-electron chi connectivity index (χ4n) is 2.48. The Morgan fingerprint density at radius 3 is 2.47 bits per heavy atom. The van der Waals surface area contributed by atoms with Crippen molar-refractivity contribution in [2.75, 3.05) is 5.32 Å². The Kier molecular flexibility index (Phi) is 7.08. The molecule has 3 aromatic rings. The number of aromatic nitrogens is 1. The largest absolute Gasteiger partial charge is 0.486 e. The summed E-state index contributed by atoms with van der Waals surface area (Å²) in [5, 5.41) is 9.98. The maximum absolute atomic E-state index is 12.2. The summed E-state index contributed by atoms with van der Waals surface area (Å²) in [6, 6.07) is 15.2. The van der Waals surface area contributed by atoms with Gasteiger partial charge in [0.15, 0.2) is 11.5 Å². The van der Waals surface area contributed by atoms with Gasteiger partial charge in [0.2, 0.25) is 0 Å². The Labute approximate surface area is 179 Å². The second kappa shape index (κ2) is 9.93. The van der Waals surface area contributed by atoms with Gasteiger partial charge in [0, 0.05) is 28.4 Å². The fraction of sp³-hybridized carbons (Fsp3) is 0.227. The van der Waals surface area contributed by atoms with Gasteiger partial charge in [0.1, 0.15) is 12.4 Å². The number of nitrogens with one attached hydrogen (secondary N) is 2. The Morgan fingerprint density at radius 1 is 1.10 bits per heavy atom. The minimum Gasteiger partial charge on any atom is -0.486 e. The zero-order valence-corrected chi connectivity index (χ0v) is 17.4. The van der Waals surface area contributed by atoms with Crippen LogP contribution < -0.4 is 15.4 Å². The summed E-state index contributed by atoms with van der Waals surface area (Å²) >= 11 is 5.83. The van der Waals surface area contributed by atoms with Crippen LogP contribution in [0.25, 0.3) is 0 Å². The molecule has 0 spiro atoms. The average molecular weight is 428 g/mol. The molecule has 0 unspecified atom stereocenters. The van der Waals surface area contributed by atoms with E-state index < -0.39 is 0 Å². The molecule has 0 aliphatic carbocycles. The summed E-state index contributed by atoms with van der Waals surface area (Å²) in [5.41, 5.74) is 1.36. The minimum absolute atomic E-state index is 0.0626. The summed E-state index contributed by atoms with van der Waals surface area (Å²) in [5.74, 6) is 0.510. The molecule has 0 fully saturated rings. The van der Waals surface area contributed by atoms with Gasteiger partial charge in [0.25, 0.3) is 11.8 Å². The van der Waals surface area contributed by atoms with E-state index in [-0.39, 0.29) is 30.2 Å². The molecule has 7 nitrogen and oxygen atoms in total. The highest BCUT2D eigenvalue weighted by Crippen LogP contribution is 2.18. The van der Waals surface area contributed by atoms with Crippen LogP contribution >= 0.6 is 11.6 Å². The molecule has 8 heteroatoms. The van der Waals surface area contributed by atoms with E-state index in [2.05, 4.69) is 15.8 Å². The third kappa shape index (κ3) is 5.84. The van der Waals surface area contributed by atoms with Gasteiger partial charge in [-0.2, -0.15) is 0 Å². The number of hydrogen-bond acceptors (Lipinski definition) is 5. The van der Waals surface area contributed by atoms with E-state index in [1.54, 1.807) is 54.6 Å². The first kappa shape index (κ1) is 21.4. The summed E-state index contributed by atoms with van der Waals surface area (Å²) in [4.78, 5) is 24.3. The first-order chi connectivity index (χ1) is 14.4. The molecule has 0 radical (unpaired) electrons. The summed E-state index contributed by atoms with van der Waals surface area (Å²) in [6.07, 6.45) is 0.829. The highest BCUT2D eigenvalue weighted by Gasteiger charge is 2.14. The quantitative estimate of drug-likeness (QED) is 0.544. The number of ether oxygens (including phenoxy) is 1. The van der Waals surface area contributed by atoms with E-state index in [9.17, 15) is 9.59 Å². The van der Waals surface area contributed by atoms with Gasteiger partial charge in [-0.15, -0.1) is 0 Å². The highest BCUT2D eigenvalue weighted by atomic mass is 35.5. The number of nitrogens with zero attached hydrogens (tertiary/aromatic N) is 1. The predicted molar refractivity (Wildman–Crippen MR) is 114 cm³/mol. The molecule has 0 saturated heterocycles. The predicted octanol–water partition coefficient (Wildman–Crippen LogP) is 4.69. The monoisotopic (exact) mass is 427 g/mol. The Bertz CT molecular complexity index is 1000. The van der Waals surface area contributed by atoms with Crippen LogP contribution in [0.4, 0.5) is 5.69 Å². The second-order valence-electron chi connectivity index (χ2n) is 6.74. The molecule has 1 heterocycles. The van der Waals surface area contributed by atoms with Crippen LogP contribution in [0, 0.1) is 0 Å². The zero-order chi connectivity index (χ0) is 21.5. The molecule has 30 heavy (non-hydrogen) atoms. The third-order valence-corrected chi connectivity index (χ3v) is 4.63. The normalized spacial score (nSPS) is 11.6. The van der Waals surface area contributed by atoms with Crippen LogP contribution in [-0.4, -0.2) is 23.0 Å². The second-order valence-corrected chi connectivity index (χ2v) is 7.17. The van der Waals surface area contributed by atoms with Crippen LogP contribution in [0.15, 0.2) is 59.1 Å². The Balaban J connectivity index is 1.52. The molecule has 0 saturated carbocycles. The van der Waals surface area contributed by atoms with Crippen molar-refractivity contribution in [1.82, 2.24) is 10.5 Å². The van der Waals surface area contributed by atoms with Crippen LogP contribution in [0.5, 0.6) is 5.75 Å². The molecular formula is C22H22ClN3O4. The Morgan fingerprint density at radius 2 is 1.80 bits per heavy atom. The number of halogens is 1. The number of benzene rings is 2. The molecular weight excluding hydrogens is 406 g/mol. The number of hydrogen-bond donors (Lipinski definition) is 2. The molecule has 0 aliphatic heterocycles. The van der Waals surface area contributed by atoms with Gasteiger partial charge in [-0.25, -0.2) is 0 Å². The van der Waals surface area contributed by atoms with Crippen molar-refractivity contribution in [3.05, 3.63) is 76.6 Å². The van der Waals surface area contributed by atoms with Gasteiger partial charge in [-0.1, -0.05) is 23.7 Å². The number of amides is 2. The lowest BCUT2D eigenvalue weighted by molar-refractivity contribution is 0.0929. The maximum Gasteiger partial charge on any atom is 0.273 e. The summed E-state index contributed by atoms with van der Waals surface area (Å²) in [7, 11) is 0. The zero-order valence-electron chi connectivity index (χ0n) is 16.6. The van der Waals surface area contributed by atoms with Crippen molar-refractivity contribution in [2.45, 2.75) is 32.9 Å². The molecule has 1 aromatic heterocycles. The van der Waals surface area contributed by atoms with Gasteiger partial charge in [-0.3, -0.25) is 9.59 Å². The molecule has 2 N–H and O–H groups in total. The Hall–Kier alpha value is -3.32. The van der Waals surface area contributed by atoms with Crippen molar-refractivity contribution in [3.8, 4) is 5.75 Å². The number of carbonyl (C=O) groups excluding carboxylic acids is 2. The van der Waals surface area contributed by atoms with Gasteiger partial charge < -0.3 is 19.9 Å². The maximum atomic E-state index is 12.2. The molecule has 0 aliphatic rings. The molecule has 156 valence electrons. The van der Waals surface area contributed by atoms with E-state index in [1.807, 2.05) is 13.8 Å². The van der Waals surface area contributed by atoms with E-state index >= 15 is 0 Å². The molecule has 2 amide bonds. The average Bonchev–Trinajstić information content (AvgIpc) is 3.23. The van der Waals surface area contributed by atoms with Gasteiger partial charge in [0.05, 0.1) is 0 Å². The fourth-order valence-corrected chi connectivity index (χ4v) is 2.61. The van der Waals surface area contributed by atoms with E-state index in [4.69, 9.17) is 20.9 Å². The highest BCUT2D eigenvalue weighted by molar-refractivity contribution is 6.30. The number of anilines is 1. The standard InChI is InChI=1S/C22H22ClN3O4/c1-3-14(2)24-22(28)20-12-19(30-26-20)13-29-18-10-8-17(9-11-18)25-21(27)15-4-6-16(23)7-5-15/h4-12,14H,3,13H2,1-2H3,(H,24,28)(H,25,27)/t14-/m0/s1. The van der Waals surface area contributed by atoms with Crippen LogP contribution in [-0.2, 0) is 6.61 Å². The summed E-state index contributed by atoms with van der Waals surface area (Å²) in [6.45, 7) is 4.03. The lowest BCUT2D eigenvalue weighted by Crippen LogP contribution is -2.32. The van der Waals surface area contributed by atoms with Crippen LogP contribution in [0.3, 0.4) is 0 Å². The smallest absolute Gasteiger partial charge is 0.273 e. The van der Waals surface area contributed by atoms with Crippen LogP contribution in [0.1, 0.15) is 46.9 Å².